The topological polar surface area (TPSA) is 289 Å². The van der Waals surface area contributed by atoms with Crippen LogP contribution < -0.4 is 5.32 Å². The Balaban J connectivity index is 2.26. The molecule has 12 N–H and O–H groups in total. The Kier molecular flexibility index (Phi) is 12.4. The summed E-state index contributed by atoms with van der Waals surface area (Å²) >= 11 is 0. The van der Waals surface area contributed by atoms with Crippen molar-refractivity contribution in [2.45, 2.75) is 92.7 Å². The largest absolute Gasteiger partial charge is 0.394 e. The van der Waals surface area contributed by atoms with E-state index < -0.39 is 118 Å². The Morgan fingerprint density at radius 3 is 1.81 bits per heavy atom. The summed E-state index contributed by atoms with van der Waals surface area (Å²) in [6, 6.07) is -1.44. The first-order valence-corrected chi connectivity index (χ1v) is 11.5. The molecule has 218 valence electrons. The first-order valence-electron chi connectivity index (χ1n) is 11.5. The van der Waals surface area contributed by atoms with E-state index in [9.17, 15) is 61.0 Å². The van der Waals surface area contributed by atoms with Crippen molar-refractivity contribution in [3.05, 3.63) is 0 Å². The molecular weight excluding hydrogens is 510 g/mol. The van der Waals surface area contributed by atoms with Crippen molar-refractivity contribution >= 4 is 5.91 Å². The summed E-state index contributed by atoms with van der Waals surface area (Å²) < 4.78 is 21.4. The van der Waals surface area contributed by atoms with E-state index in [-0.39, 0.29) is 0 Å². The lowest BCUT2D eigenvalue weighted by Gasteiger charge is -2.45. The number of rotatable bonds is 12. The summed E-state index contributed by atoms with van der Waals surface area (Å²) in [6.07, 6.45) is -22.7. The lowest BCUT2D eigenvalue weighted by atomic mass is 9.96. The molecule has 0 saturated carbocycles. The molecule has 37 heavy (non-hydrogen) atoms. The van der Waals surface area contributed by atoms with Gasteiger partial charge in [-0.3, -0.25) is 4.79 Å². The number of carbonyl (C=O) groups excluding carboxylic acids is 1. The van der Waals surface area contributed by atoms with Crippen LogP contribution in [0.2, 0.25) is 0 Å². The standard InChI is InChI=1S/C20H37NO16/c1-6(26)21-11-15(31)12(28)8(3-23)34-19(11)35-10(5-25)14(30)18(7(27)2-22)37-20-17(33)16(32)13(29)9(4-24)36-20/h7-20,22-25,27-33H,2-5H2,1H3,(H,21,26)/t7-,8-,9-,10-,11-,12-,13+,14-,15-,16+,17-,18-,19+,20+/m1/s1. The van der Waals surface area contributed by atoms with Gasteiger partial charge in [0.1, 0.15) is 73.2 Å². The molecule has 2 aliphatic heterocycles. The van der Waals surface area contributed by atoms with Crippen LogP contribution in [-0.4, -0.2) is 174 Å². The molecular formula is C20H37NO16. The maximum absolute atomic E-state index is 11.6. The Bertz CT molecular complexity index is 701. The van der Waals surface area contributed by atoms with E-state index in [4.69, 9.17) is 18.9 Å². The van der Waals surface area contributed by atoms with Crippen LogP contribution in [0.1, 0.15) is 6.92 Å². The summed E-state index contributed by atoms with van der Waals surface area (Å²) in [6.45, 7) is -2.49. The van der Waals surface area contributed by atoms with Crippen molar-refractivity contribution in [2.24, 2.45) is 0 Å². The second-order valence-corrected chi connectivity index (χ2v) is 8.83. The second kappa shape index (κ2) is 14.3. The van der Waals surface area contributed by atoms with Crippen molar-refractivity contribution in [3.8, 4) is 0 Å². The molecule has 2 fully saturated rings. The molecule has 0 aliphatic carbocycles. The number of amides is 1. The van der Waals surface area contributed by atoms with Crippen LogP contribution in [-0.2, 0) is 23.7 Å². The maximum atomic E-state index is 11.6. The van der Waals surface area contributed by atoms with Crippen LogP contribution in [0.25, 0.3) is 0 Å². The van der Waals surface area contributed by atoms with E-state index in [1.807, 2.05) is 0 Å². The zero-order valence-electron chi connectivity index (χ0n) is 19.9. The SMILES string of the molecule is CC(=O)N[C@H]1[C@H](O[C@H](CO)[C@@H](O)[C@H](O[C@@H]2O[C@H](CO)[C@H](O)[C@H](O)[C@H]2O)[C@H](O)CO)O[C@H](CO)[C@@H](O)[C@@H]1O. The van der Waals surface area contributed by atoms with Crippen molar-refractivity contribution in [3.63, 3.8) is 0 Å². The highest BCUT2D eigenvalue weighted by atomic mass is 16.7. The summed E-state index contributed by atoms with van der Waals surface area (Å²) in [5.41, 5.74) is 0. The van der Waals surface area contributed by atoms with E-state index in [2.05, 4.69) is 5.32 Å². The molecule has 17 heteroatoms. The Hall–Kier alpha value is -1.13. The van der Waals surface area contributed by atoms with Gasteiger partial charge in [-0.15, -0.1) is 0 Å². The number of nitrogens with one attached hydrogen (secondary N) is 1. The summed E-state index contributed by atoms with van der Waals surface area (Å²) in [7, 11) is 0. The number of ether oxygens (including phenoxy) is 4. The molecule has 17 nitrogen and oxygen atoms in total. The van der Waals surface area contributed by atoms with E-state index >= 15 is 0 Å². The van der Waals surface area contributed by atoms with Gasteiger partial charge in [-0.1, -0.05) is 0 Å². The molecule has 0 aromatic heterocycles. The molecule has 0 radical (unpaired) electrons. The molecule has 2 aliphatic rings. The van der Waals surface area contributed by atoms with Crippen molar-refractivity contribution in [1.82, 2.24) is 5.32 Å². The summed E-state index contributed by atoms with van der Waals surface area (Å²) in [4.78, 5) is 11.6. The average Bonchev–Trinajstić information content (AvgIpc) is 2.88. The van der Waals surface area contributed by atoms with Crippen LogP contribution in [0.15, 0.2) is 0 Å². The molecule has 0 aromatic carbocycles. The van der Waals surface area contributed by atoms with Gasteiger partial charge >= 0.3 is 0 Å². The minimum atomic E-state index is -2.04. The molecule has 0 aromatic rings. The number of carbonyl (C=O) groups is 1. The fourth-order valence-corrected chi connectivity index (χ4v) is 4.04. The molecule has 2 saturated heterocycles. The summed E-state index contributed by atoms with van der Waals surface area (Å²) in [5.74, 6) is -0.670. The van der Waals surface area contributed by atoms with Crippen LogP contribution in [0.4, 0.5) is 0 Å². The highest BCUT2D eigenvalue weighted by Crippen LogP contribution is 2.27. The van der Waals surface area contributed by atoms with Gasteiger partial charge in [0.2, 0.25) is 5.91 Å². The van der Waals surface area contributed by atoms with E-state index in [0.717, 1.165) is 6.92 Å². The van der Waals surface area contributed by atoms with Gasteiger partial charge in [-0.2, -0.15) is 0 Å². The van der Waals surface area contributed by atoms with Crippen molar-refractivity contribution in [1.29, 1.82) is 0 Å². The number of aliphatic hydroxyl groups is 11. The Morgan fingerprint density at radius 2 is 1.32 bits per heavy atom. The molecule has 0 unspecified atom stereocenters. The van der Waals surface area contributed by atoms with Gasteiger partial charge in [-0.05, 0) is 0 Å². The molecule has 14 atom stereocenters. The predicted molar refractivity (Wildman–Crippen MR) is 115 cm³/mol. The number of hydrogen-bond donors (Lipinski definition) is 12. The Morgan fingerprint density at radius 1 is 0.784 bits per heavy atom. The zero-order chi connectivity index (χ0) is 28.0. The minimum absolute atomic E-state index is 0.670. The van der Waals surface area contributed by atoms with Crippen LogP contribution >= 0.6 is 0 Å². The van der Waals surface area contributed by atoms with Crippen molar-refractivity contribution < 1.29 is 79.9 Å². The number of hydrogen-bond acceptors (Lipinski definition) is 16. The maximum Gasteiger partial charge on any atom is 0.217 e. The molecule has 2 heterocycles. The van der Waals surface area contributed by atoms with Gasteiger partial charge in [0.25, 0.3) is 0 Å². The first kappa shape index (κ1) is 32.1. The van der Waals surface area contributed by atoms with Gasteiger partial charge < -0.3 is 80.4 Å². The third-order valence-corrected chi connectivity index (χ3v) is 6.16. The fraction of sp³-hybridized carbons (Fsp3) is 0.950. The highest BCUT2D eigenvalue weighted by molar-refractivity contribution is 5.73. The lowest BCUT2D eigenvalue weighted by molar-refractivity contribution is -0.335. The monoisotopic (exact) mass is 547 g/mol. The predicted octanol–water partition coefficient (Wildman–Crippen LogP) is -7.79. The fourth-order valence-electron chi connectivity index (χ4n) is 4.04. The molecule has 0 spiro atoms. The lowest BCUT2D eigenvalue weighted by Crippen LogP contribution is -2.66. The second-order valence-electron chi connectivity index (χ2n) is 8.83. The zero-order valence-corrected chi connectivity index (χ0v) is 19.9. The normalized spacial score (nSPS) is 40.0. The van der Waals surface area contributed by atoms with E-state index in [0.29, 0.717) is 0 Å². The van der Waals surface area contributed by atoms with Crippen molar-refractivity contribution in [2.75, 3.05) is 26.4 Å². The molecule has 0 bridgehead atoms. The van der Waals surface area contributed by atoms with Gasteiger partial charge in [-0.25, -0.2) is 0 Å². The van der Waals surface area contributed by atoms with E-state index in [1.54, 1.807) is 0 Å². The van der Waals surface area contributed by atoms with Crippen LogP contribution in [0.5, 0.6) is 0 Å². The third-order valence-electron chi connectivity index (χ3n) is 6.16. The van der Waals surface area contributed by atoms with Gasteiger partial charge in [0, 0.05) is 6.92 Å². The van der Waals surface area contributed by atoms with Crippen LogP contribution in [0.3, 0.4) is 0 Å². The molecule has 2 rings (SSSR count). The third kappa shape index (κ3) is 7.50. The first-order chi connectivity index (χ1) is 17.4. The van der Waals surface area contributed by atoms with Gasteiger partial charge in [0.15, 0.2) is 12.6 Å². The summed E-state index contributed by atoms with van der Waals surface area (Å²) in [5, 5.41) is 112. The van der Waals surface area contributed by atoms with Crippen LogP contribution in [0, 0.1) is 0 Å². The van der Waals surface area contributed by atoms with Gasteiger partial charge in [0.05, 0.1) is 26.4 Å². The minimum Gasteiger partial charge on any atom is -0.394 e. The molecule has 1 amide bonds. The average molecular weight is 548 g/mol. The highest BCUT2D eigenvalue weighted by Gasteiger charge is 2.49. The number of aliphatic hydroxyl groups excluding tert-OH is 11. The smallest absolute Gasteiger partial charge is 0.217 e. The Labute approximate surface area is 211 Å². The van der Waals surface area contributed by atoms with E-state index in [1.165, 1.54) is 0 Å². The quantitative estimate of drug-likeness (QED) is 0.108.